The van der Waals surface area contributed by atoms with Gasteiger partial charge < -0.3 is 15.5 Å². The molecule has 0 aliphatic carbocycles. The van der Waals surface area contributed by atoms with Crippen LogP contribution in [0.5, 0.6) is 0 Å². The summed E-state index contributed by atoms with van der Waals surface area (Å²) in [5.41, 5.74) is 0.663. The van der Waals surface area contributed by atoms with Gasteiger partial charge in [0.25, 0.3) is 5.91 Å². The molecule has 2 aliphatic heterocycles. The molecule has 4 rings (SSSR count). The monoisotopic (exact) mass is 387 g/mol. The fourth-order valence-electron chi connectivity index (χ4n) is 3.57. The molecule has 1 aromatic carbocycles. The summed E-state index contributed by atoms with van der Waals surface area (Å²) in [7, 11) is 0. The number of halogens is 1. The number of anilines is 1. The Hall–Kier alpha value is -2.25. The molecule has 2 aromatic rings. The van der Waals surface area contributed by atoms with E-state index >= 15 is 0 Å². The molecular weight excluding hydrogens is 365 g/mol. The third-order valence-corrected chi connectivity index (χ3v) is 6.16. The zero-order valence-electron chi connectivity index (χ0n) is 14.9. The van der Waals surface area contributed by atoms with Crippen molar-refractivity contribution >= 4 is 28.2 Å². The number of nitrogens with one attached hydrogen (secondary N) is 2. The quantitative estimate of drug-likeness (QED) is 0.828. The maximum atomic E-state index is 14.5. The Labute approximate surface area is 161 Å². The van der Waals surface area contributed by atoms with E-state index in [0.717, 1.165) is 19.4 Å². The number of rotatable bonds is 5. The Morgan fingerprint density at radius 3 is 2.67 bits per heavy atom. The van der Waals surface area contributed by atoms with Crippen molar-refractivity contribution in [1.29, 1.82) is 0 Å². The fourth-order valence-corrected chi connectivity index (χ4v) is 4.44. The summed E-state index contributed by atoms with van der Waals surface area (Å²) in [6, 6.07) is 12.4. The Balaban J connectivity index is 1.31. The number of hydrogen-bond acceptors (Lipinski definition) is 4. The minimum atomic E-state index is -1.05. The smallest absolute Gasteiger partial charge is 0.264 e. The highest BCUT2D eigenvalue weighted by molar-refractivity contribution is 7.18. The second-order valence-electron chi connectivity index (χ2n) is 7.08. The van der Waals surface area contributed by atoms with Crippen LogP contribution < -0.4 is 10.6 Å². The van der Waals surface area contributed by atoms with Gasteiger partial charge in [0.15, 0.2) is 0 Å². The third-order valence-electron chi connectivity index (χ3n) is 5.17. The Morgan fingerprint density at radius 2 is 1.96 bits per heavy atom. The molecule has 1 aromatic heterocycles. The molecule has 142 valence electrons. The van der Waals surface area contributed by atoms with E-state index in [2.05, 4.69) is 10.6 Å². The van der Waals surface area contributed by atoms with Crippen molar-refractivity contribution in [1.82, 2.24) is 10.2 Å². The number of carbonyl (C=O) groups excluding carboxylic acids is 2. The van der Waals surface area contributed by atoms with E-state index in [4.69, 9.17) is 0 Å². The van der Waals surface area contributed by atoms with Gasteiger partial charge >= 0.3 is 0 Å². The topological polar surface area (TPSA) is 61.4 Å². The standard InChI is InChI=1S/C20H22FN3O2S/c21-18(13-5-2-1-3-6-13)14-11-24(12-14)20(26)16-8-9-17(27-16)23-19(25)15-7-4-10-22-15/h1-3,5-6,8-9,14-15,18,22H,4,7,10-12H2,(H,23,25)/t15-,18?/m0/s1. The number of nitrogens with zero attached hydrogens (tertiary/aromatic N) is 1. The molecule has 3 heterocycles. The number of amides is 2. The van der Waals surface area contributed by atoms with Gasteiger partial charge in [-0.25, -0.2) is 4.39 Å². The normalized spacial score (nSPS) is 20.9. The molecular formula is C20H22FN3O2S. The zero-order chi connectivity index (χ0) is 18.8. The summed E-state index contributed by atoms with van der Waals surface area (Å²) in [6.07, 6.45) is 0.789. The van der Waals surface area contributed by atoms with Crippen LogP contribution in [-0.4, -0.2) is 42.4 Å². The Kier molecular flexibility index (Phi) is 5.22. The molecule has 2 amide bonds. The van der Waals surface area contributed by atoms with E-state index in [1.807, 2.05) is 18.2 Å². The minimum Gasteiger partial charge on any atom is -0.337 e. The lowest BCUT2D eigenvalue weighted by atomic mass is 9.90. The average molecular weight is 387 g/mol. The molecule has 7 heteroatoms. The first-order valence-electron chi connectivity index (χ1n) is 9.24. The Bertz CT molecular complexity index is 814. The van der Waals surface area contributed by atoms with Gasteiger partial charge in [-0.2, -0.15) is 0 Å². The largest absolute Gasteiger partial charge is 0.337 e. The number of likely N-dealkylation sites (tertiary alicyclic amines) is 1. The van der Waals surface area contributed by atoms with Gasteiger partial charge in [-0.05, 0) is 37.1 Å². The highest BCUT2D eigenvalue weighted by Crippen LogP contribution is 2.35. The van der Waals surface area contributed by atoms with Gasteiger partial charge in [-0.3, -0.25) is 9.59 Å². The van der Waals surface area contributed by atoms with E-state index < -0.39 is 6.17 Å². The van der Waals surface area contributed by atoms with Gasteiger partial charge in [0.1, 0.15) is 6.17 Å². The van der Waals surface area contributed by atoms with Crippen molar-refractivity contribution in [2.45, 2.75) is 25.1 Å². The molecule has 2 fully saturated rings. The molecule has 2 aliphatic rings. The number of alkyl halides is 1. The highest BCUT2D eigenvalue weighted by Gasteiger charge is 2.37. The van der Waals surface area contributed by atoms with E-state index in [-0.39, 0.29) is 23.8 Å². The van der Waals surface area contributed by atoms with Crippen LogP contribution in [0.4, 0.5) is 9.39 Å². The lowest BCUT2D eigenvalue weighted by Crippen LogP contribution is -2.51. The number of thiophene rings is 1. The average Bonchev–Trinajstić information content (AvgIpc) is 3.33. The second kappa shape index (κ2) is 7.78. The first kappa shape index (κ1) is 18.1. The van der Waals surface area contributed by atoms with Crippen molar-refractivity contribution in [3.63, 3.8) is 0 Å². The maximum absolute atomic E-state index is 14.5. The third kappa shape index (κ3) is 3.89. The van der Waals surface area contributed by atoms with Crippen LogP contribution in [0.2, 0.25) is 0 Å². The van der Waals surface area contributed by atoms with Gasteiger partial charge in [-0.1, -0.05) is 30.3 Å². The van der Waals surface area contributed by atoms with Crippen LogP contribution in [0.25, 0.3) is 0 Å². The summed E-state index contributed by atoms with van der Waals surface area (Å²) in [6.45, 7) is 1.70. The predicted molar refractivity (Wildman–Crippen MR) is 104 cm³/mol. The molecule has 2 saturated heterocycles. The highest BCUT2D eigenvalue weighted by atomic mass is 32.1. The fraction of sp³-hybridized carbons (Fsp3) is 0.400. The molecule has 2 atom stereocenters. The maximum Gasteiger partial charge on any atom is 0.264 e. The Morgan fingerprint density at radius 1 is 1.19 bits per heavy atom. The first-order chi connectivity index (χ1) is 13.1. The zero-order valence-corrected chi connectivity index (χ0v) is 15.7. The summed E-state index contributed by atoms with van der Waals surface area (Å²) < 4.78 is 14.5. The van der Waals surface area contributed by atoms with Gasteiger partial charge in [0.2, 0.25) is 5.91 Å². The summed E-state index contributed by atoms with van der Waals surface area (Å²) >= 11 is 1.27. The summed E-state index contributed by atoms with van der Waals surface area (Å²) in [4.78, 5) is 27.0. The van der Waals surface area contributed by atoms with Gasteiger partial charge in [0.05, 0.1) is 15.9 Å². The molecule has 27 heavy (non-hydrogen) atoms. The predicted octanol–water partition coefficient (Wildman–Crippen LogP) is 3.22. The first-order valence-corrected chi connectivity index (χ1v) is 10.1. The second-order valence-corrected chi connectivity index (χ2v) is 8.17. The van der Waals surface area contributed by atoms with Gasteiger partial charge in [0, 0.05) is 19.0 Å². The SMILES string of the molecule is O=C(Nc1ccc(C(=O)N2CC(C(F)c3ccccc3)C2)s1)[C@@H]1CCCN1. The number of benzene rings is 1. The molecule has 2 N–H and O–H groups in total. The van der Waals surface area contributed by atoms with Crippen LogP contribution in [0.1, 0.15) is 34.2 Å². The van der Waals surface area contributed by atoms with Crippen LogP contribution >= 0.6 is 11.3 Å². The van der Waals surface area contributed by atoms with Crippen LogP contribution in [-0.2, 0) is 4.79 Å². The summed E-state index contributed by atoms with van der Waals surface area (Å²) in [5, 5.41) is 6.69. The lowest BCUT2D eigenvalue weighted by Gasteiger charge is -2.40. The van der Waals surface area contributed by atoms with Crippen molar-refractivity contribution < 1.29 is 14.0 Å². The summed E-state index contributed by atoms with van der Waals surface area (Å²) in [5.74, 6) is -0.319. The number of carbonyl (C=O) groups is 2. The molecule has 0 spiro atoms. The van der Waals surface area contributed by atoms with Crippen LogP contribution in [0.15, 0.2) is 42.5 Å². The van der Waals surface area contributed by atoms with E-state index in [1.54, 1.807) is 29.2 Å². The van der Waals surface area contributed by atoms with Crippen molar-refractivity contribution in [3.05, 3.63) is 52.9 Å². The van der Waals surface area contributed by atoms with Crippen molar-refractivity contribution in [2.24, 2.45) is 5.92 Å². The lowest BCUT2D eigenvalue weighted by molar-refractivity contribution is -0.117. The van der Waals surface area contributed by atoms with Crippen LogP contribution in [0.3, 0.4) is 0 Å². The number of hydrogen-bond donors (Lipinski definition) is 2. The van der Waals surface area contributed by atoms with Crippen molar-refractivity contribution in [3.8, 4) is 0 Å². The van der Waals surface area contributed by atoms with Crippen molar-refractivity contribution in [2.75, 3.05) is 25.0 Å². The molecule has 0 radical (unpaired) electrons. The van der Waals surface area contributed by atoms with E-state index in [1.165, 1.54) is 11.3 Å². The van der Waals surface area contributed by atoms with Gasteiger partial charge in [-0.15, -0.1) is 11.3 Å². The van der Waals surface area contributed by atoms with E-state index in [9.17, 15) is 14.0 Å². The molecule has 5 nitrogen and oxygen atoms in total. The molecule has 0 bridgehead atoms. The van der Waals surface area contributed by atoms with Crippen LogP contribution in [0, 0.1) is 5.92 Å². The molecule has 0 saturated carbocycles. The minimum absolute atomic E-state index is 0.0551. The van der Waals surface area contributed by atoms with E-state index in [0.29, 0.717) is 28.5 Å². The molecule has 1 unspecified atom stereocenters.